The normalized spacial score (nSPS) is 9.29. The first-order chi connectivity index (χ1) is 3.29. The third-order valence-electron chi connectivity index (χ3n) is 0.593. The zero-order chi connectivity index (χ0) is 5.28. The summed E-state index contributed by atoms with van der Waals surface area (Å²) in [6, 6.07) is 0. The highest BCUT2D eigenvalue weighted by molar-refractivity contribution is 7.22. The largest absolute Gasteiger partial charge is 0.259 e. The van der Waals surface area contributed by atoms with E-state index in [1.54, 1.807) is 6.20 Å². The minimum atomic E-state index is 0.762. The molecular weight excluding hydrogens is 128 g/mol. The quantitative estimate of drug-likeness (QED) is 0.454. The summed E-state index contributed by atoms with van der Waals surface area (Å²) < 4.78 is 0.762. The molecule has 0 atom stereocenters. The van der Waals surface area contributed by atoms with Crippen molar-refractivity contribution in [2.24, 2.45) is 0 Å². The molecule has 0 bridgehead atoms. The molecule has 0 N–H and O–H groups in total. The van der Waals surface area contributed by atoms with E-state index in [1.807, 2.05) is 7.85 Å². The van der Waals surface area contributed by atoms with Crippen LogP contribution in [0.15, 0.2) is 6.20 Å². The van der Waals surface area contributed by atoms with Gasteiger partial charge in [0.15, 0.2) is 7.85 Å². The molecule has 1 rings (SSSR count). The molecule has 0 amide bonds. The highest BCUT2D eigenvalue weighted by atomic mass is 35.5. The number of hydrogen-bond donors (Lipinski definition) is 0. The van der Waals surface area contributed by atoms with Gasteiger partial charge in [0.05, 0.1) is 6.20 Å². The van der Waals surface area contributed by atoms with Crippen LogP contribution in [-0.4, -0.2) is 12.8 Å². The van der Waals surface area contributed by atoms with Gasteiger partial charge in [-0.05, 0) is 0 Å². The Bertz CT molecular complexity index is 147. The Hall–Kier alpha value is -0.0151. The Labute approximate surface area is 51.7 Å². The molecule has 1 heterocycles. The predicted molar refractivity (Wildman–Crippen MR) is 35.3 cm³/mol. The molecule has 0 fully saturated rings. The van der Waals surface area contributed by atoms with Crippen LogP contribution in [0.25, 0.3) is 0 Å². The van der Waals surface area contributed by atoms with Crippen molar-refractivity contribution in [3.05, 3.63) is 10.5 Å². The molecule has 0 unspecified atom stereocenters. The van der Waals surface area contributed by atoms with Gasteiger partial charge in [0.2, 0.25) is 0 Å². The monoisotopic (exact) mass is 131 g/mol. The van der Waals surface area contributed by atoms with Crippen LogP contribution in [0, 0.1) is 0 Å². The van der Waals surface area contributed by atoms with Crippen molar-refractivity contribution in [3.8, 4) is 0 Å². The average Bonchev–Trinajstić information content (AvgIpc) is 1.87. The van der Waals surface area contributed by atoms with E-state index in [4.69, 9.17) is 11.6 Å². The van der Waals surface area contributed by atoms with Gasteiger partial charge in [0.25, 0.3) is 0 Å². The molecule has 4 heteroatoms. The number of halogens is 1. The van der Waals surface area contributed by atoms with Crippen molar-refractivity contribution in [1.29, 1.82) is 0 Å². The number of hydrogen-bond acceptors (Lipinski definition) is 2. The molecule has 0 aromatic carbocycles. The summed E-state index contributed by atoms with van der Waals surface area (Å²) in [5.74, 6) is 0. The van der Waals surface area contributed by atoms with Crippen LogP contribution in [0.4, 0.5) is 0 Å². The Morgan fingerprint density at radius 3 is 2.71 bits per heavy atom. The fourth-order valence-corrected chi connectivity index (χ4v) is 1.21. The zero-order valence-corrected chi connectivity index (χ0v) is 5.38. The maximum atomic E-state index is 5.52. The minimum absolute atomic E-state index is 0.762. The molecule has 0 aliphatic rings. The third kappa shape index (κ3) is 1.18. The smallest absolute Gasteiger partial charge is 0.177 e. The van der Waals surface area contributed by atoms with E-state index in [-0.39, 0.29) is 0 Å². The van der Waals surface area contributed by atoms with Gasteiger partial charge in [0, 0.05) is 4.91 Å². The van der Waals surface area contributed by atoms with Crippen LogP contribution >= 0.6 is 22.9 Å². The fourth-order valence-electron chi connectivity index (χ4n) is 0.335. The lowest BCUT2D eigenvalue weighted by Crippen LogP contribution is -1.95. The molecule has 1 nitrogen and oxygen atoms in total. The number of thiazole rings is 1. The van der Waals surface area contributed by atoms with E-state index < -0.39 is 0 Å². The van der Waals surface area contributed by atoms with E-state index >= 15 is 0 Å². The first-order valence-electron chi connectivity index (χ1n) is 1.87. The zero-order valence-electron chi connectivity index (χ0n) is 3.81. The van der Waals surface area contributed by atoms with E-state index in [2.05, 4.69) is 4.98 Å². The van der Waals surface area contributed by atoms with E-state index in [1.165, 1.54) is 11.3 Å². The molecular formula is C3H3BClNS. The summed E-state index contributed by atoms with van der Waals surface area (Å²) in [5.41, 5.74) is 0. The van der Waals surface area contributed by atoms with Gasteiger partial charge in [-0.3, -0.25) is 4.98 Å². The molecule has 0 saturated carbocycles. The van der Waals surface area contributed by atoms with Gasteiger partial charge in [-0.25, -0.2) is 0 Å². The molecule has 36 valence electrons. The second-order valence-corrected chi connectivity index (χ2v) is 3.05. The molecule has 0 aliphatic heterocycles. The summed E-state index contributed by atoms with van der Waals surface area (Å²) in [6.45, 7) is 0. The molecule has 1 aromatic heterocycles. The van der Waals surface area contributed by atoms with Crippen LogP contribution < -0.4 is 4.91 Å². The summed E-state index contributed by atoms with van der Waals surface area (Å²) in [6.07, 6.45) is 1.65. The first kappa shape index (κ1) is 5.13. The Balaban J connectivity index is 3.04. The Kier molecular flexibility index (Phi) is 1.35. The van der Waals surface area contributed by atoms with E-state index in [0.29, 0.717) is 0 Å². The van der Waals surface area contributed by atoms with E-state index in [0.717, 1.165) is 9.24 Å². The maximum absolute atomic E-state index is 5.52. The van der Waals surface area contributed by atoms with Crippen LogP contribution in [0.2, 0.25) is 4.34 Å². The molecule has 7 heavy (non-hydrogen) atoms. The third-order valence-corrected chi connectivity index (χ3v) is 1.62. The fraction of sp³-hybridized carbons (Fsp3) is 0. The Morgan fingerprint density at radius 2 is 2.57 bits per heavy atom. The van der Waals surface area contributed by atoms with E-state index in [9.17, 15) is 0 Å². The summed E-state index contributed by atoms with van der Waals surface area (Å²) >= 11 is 7.01. The van der Waals surface area contributed by atoms with Crippen molar-refractivity contribution in [2.75, 3.05) is 0 Å². The predicted octanol–water partition coefficient (Wildman–Crippen LogP) is 0.0549. The van der Waals surface area contributed by atoms with Gasteiger partial charge in [-0.15, -0.1) is 11.3 Å². The van der Waals surface area contributed by atoms with Gasteiger partial charge < -0.3 is 0 Å². The highest BCUT2D eigenvalue weighted by Crippen LogP contribution is 2.08. The minimum Gasteiger partial charge on any atom is -0.259 e. The van der Waals surface area contributed by atoms with Crippen LogP contribution in [0.1, 0.15) is 0 Å². The summed E-state index contributed by atoms with van der Waals surface area (Å²) in [7, 11) is 1.93. The van der Waals surface area contributed by atoms with Gasteiger partial charge in [-0.1, -0.05) is 11.6 Å². The van der Waals surface area contributed by atoms with Crippen molar-refractivity contribution < 1.29 is 0 Å². The number of aromatic nitrogens is 1. The first-order valence-corrected chi connectivity index (χ1v) is 3.06. The topological polar surface area (TPSA) is 12.9 Å². The van der Waals surface area contributed by atoms with Crippen LogP contribution in [0.5, 0.6) is 0 Å². The number of rotatable bonds is 0. The van der Waals surface area contributed by atoms with Crippen molar-refractivity contribution in [2.45, 2.75) is 0 Å². The summed E-state index contributed by atoms with van der Waals surface area (Å²) in [5, 5.41) is 0. The van der Waals surface area contributed by atoms with Crippen molar-refractivity contribution in [3.63, 3.8) is 0 Å². The Morgan fingerprint density at radius 1 is 1.86 bits per heavy atom. The average molecular weight is 131 g/mol. The highest BCUT2D eigenvalue weighted by Gasteiger charge is 1.88. The molecule has 0 radical (unpaired) electrons. The van der Waals surface area contributed by atoms with Crippen LogP contribution in [0.3, 0.4) is 0 Å². The van der Waals surface area contributed by atoms with Gasteiger partial charge in [0.1, 0.15) is 4.34 Å². The molecule has 0 saturated heterocycles. The SMILES string of the molecule is Bc1ncc(Cl)s1. The number of nitrogens with zero attached hydrogens (tertiary/aromatic N) is 1. The lowest BCUT2D eigenvalue weighted by atomic mass is 10.2. The summed E-state index contributed by atoms with van der Waals surface area (Å²) in [4.78, 5) is 4.92. The van der Waals surface area contributed by atoms with Gasteiger partial charge >= 0.3 is 0 Å². The molecule has 1 aromatic rings. The van der Waals surface area contributed by atoms with Crippen LogP contribution in [-0.2, 0) is 0 Å². The molecule has 0 aliphatic carbocycles. The lowest BCUT2D eigenvalue weighted by Gasteiger charge is -1.66. The second-order valence-electron chi connectivity index (χ2n) is 1.18. The van der Waals surface area contributed by atoms with Gasteiger partial charge in [-0.2, -0.15) is 0 Å². The second kappa shape index (κ2) is 1.84. The van der Waals surface area contributed by atoms with Crippen molar-refractivity contribution >= 4 is 35.7 Å². The lowest BCUT2D eigenvalue weighted by molar-refractivity contribution is 1.48. The maximum Gasteiger partial charge on any atom is 0.177 e. The molecule has 0 spiro atoms. The standard InChI is InChI=1S/C3H3BClNS/c4-3-6-1-2(5)7-3/h1H,4H2. The van der Waals surface area contributed by atoms with Crippen molar-refractivity contribution in [1.82, 2.24) is 4.98 Å².